The van der Waals surface area contributed by atoms with Gasteiger partial charge in [-0.25, -0.2) is 4.79 Å². The van der Waals surface area contributed by atoms with Crippen LogP contribution in [0.5, 0.6) is 5.75 Å². The molecule has 4 rings (SSSR count). The number of unbranched alkanes of at least 4 members (excludes halogenated alkanes) is 1. The number of carboxylic acids is 3. The number of benzene rings is 3. The molecule has 0 saturated carbocycles. The van der Waals surface area contributed by atoms with Crippen LogP contribution in [0.2, 0.25) is 0 Å². The number of nitrogens with zero attached hydrogens (tertiary/aromatic N) is 5. The molecule has 81 heavy (non-hydrogen) atoms. The average molecular weight is 1130 g/mol. The number of nitrogens with two attached hydrogens (primary N) is 2. The van der Waals surface area contributed by atoms with Crippen LogP contribution in [0.15, 0.2) is 83.9 Å². The van der Waals surface area contributed by atoms with Crippen molar-refractivity contribution in [1.29, 1.82) is 0 Å². The lowest BCUT2D eigenvalue weighted by atomic mass is 9.90. The van der Waals surface area contributed by atoms with Gasteiger partial charge < -0.3 is 63.8 Å². The van der Waals surface area contributed by atoms with Gasteiger partial charge in [-0.15, -0.1) is 0 Å². The molecule has 6 amide bonds. The number of hydrogen-bond acceptors (Lipinski definition) is 16. The summed E-state index contributed by atoms with van der Waals surface area (Å²) in [5.74, 6) is -5.27. The highest BCUT2D eigenvalue weighted by Crippen LogP contribution is 2.27. The monoisotopic (exact) mass is 1130 g/mol. The summed E-state index contributed by atoms with van der Waals surface area (Å²) in [6.07, 6.45) is 2.65. The minimum absolute atomic E-state index is 0.00391. The number of amides is 6. The summed E-state index contributed by atoms with van der Waals surface area (Å²) >= 11 is 0. The number of carboxylic acid groups (broad SMARTS) is 3. The first-order chi connectivity index (χ1) is 38.9. The smallest absolute Gasteiger partial charge is 0.321 e. The van der Waals surface area contributed by atoms with Crippen molar-refractivity contribution in [3.05, 3.63) is 95.6 Å². The number of rotatable bonds is 31. The van der Waals surface area contributed by atoms with Gasteiger partial charge in [-0.05, 0) is 86.4 Å². The molecular formula is C55H82N14O12. The van der Waals surface area contributed by atoms with Crippen molar-refractivity contribution in [3.8, 4) is 5.75 Å². The van der Waals surface area contributed by atoms with Gasteiger partial charge in [0.1, 0.15) is 11.8 Å². The maximum Gasteiger partial charge on any atom is 0.321 e. The highest BCUT2D eigenvalue weighted by molar-refractivity contribution is 5.95. The molecule has 1 unspecified atom stereocenters. The Kier molecular flexibility index (Phi) is 29.5. The number of carbonyl (C=O) groups excluding carboxylic acids is 5. The summed E-state index contributed by atoms with van der Waals surface area (Å²) < 4.78 is 0. The van der Waals surface area contributed by atoms with Crippen LogP contribution >= 0.6 is 0 Å². The molecule has 0 aromatic heterocycles. The van der Waals surface area contributed by atoms with Crippen molar-refractivity contribution in [1.82, 2.24) is 51.5 Å². The number of aromatic hydroxyl groups is 1. The van der Waals surface area contributed by atoms with Gasteiger partial charge in [-0.2, -0.15) is 0 Å². The molecule has 1 saturated heterocycles. The fraction of sp³-hybridized carbons (Fsp3) is 0.509. The summed E-state index contributed by atoms with van der Waals surface area (Å²) in [7, 11) is 0. The molecule has 3 aromatic carbocycles. The Balaban J connectivity index is 1.22. The Morgan fingerprint density at radius 1 is 0.580 bits per heavy atom. The van der Waals surface area contributed by atoms with Gasteiger partial charge in [-0.3, -0.25) is 63.5 Å². The first-order valence-electron chi connectivity index (χ1n) is 27.3. The van der Waals surface area contributed by atoms with Crippen molar-refractivity contribution in [2.75, 3.05) is 117 Å². The minimum Gasteiger partial charge on any atom is -0.508 e. The van der Waals surface area contributed by atoms with E-state index < -0.39 is 53.8 Å². The molecule has 26 heteroatoms. The number of guanidine groups is 1. The molecule has 3 aromatic rings. The van der Waals surface area contributed by atoms with Crippen LogP contribution in [-0.4, -0.2) is 217 Å². The predicted molar refractivity (Wildman–Crippen MR) is 304 cm³/mol. The quantitative estimate of drug-likeness (QED) is 0.0224. The Labute approximate surface area is 472 Å². The number of carbonyl (C=O) groups is 8. The van der Waals surface area contributed by atoms with Gasteiger partial charge in [0.15, 0.2) is 5.96 Å². The molecule has 3 atom stereocenters. The summed E-state index contributed by atoms with van der Waals surface area (Å²) in [4.78, 5) is 111. The third kappa shape index (κ3) is 26.7. The van der Waals surface area contributed by atoms with E-state index >= 15 is 0 Å². The topological polar surface area (TPSA) is 379 Å². The average Bonchev–Trinajstić information content (AvgIpc) is 3.42. The van der Waals surface area contributed by atoms with Crippen LogP contribution in [0.1, 0.15) is 68.1 Å². The number of aliphatic imine (C=N–C) groups is 1. The van der Waals surface area contributed by atoms with E-state index in [1.807, 2.05) is 59.5 Å². The van der Waals surface area contributed by atoms with E-state index in [1.54, 1.807) is 33.8 Å². The van der Waals surface area contributed by atoms with Crippen molar-refractivity contribution in [2.45, 2.75) is 70.0 Å². The van der Waals surface area contributed by atoms with E-state index in [4.69, 9.17) is 11.5 Å². The minimum atomic E-state index is -1.04. The molecule has 0 radical (unpaired) electrons. The highest BCUT2D eigenvalue weighted by Gasteiger charge is 2.28. The molecule has 444 valence electrons. The molecule has 1 fully saturated rings. The van der Waals surface area contributed by atoms with Gasteiger partial charge in [-0.1, -0.05) is 54.6 Å². The fourth-order valence-corrected chi connectivity index (χ4v) is 8.80. The Hall–Kier alpha value is -7.91. The Bertz CT molecular complexity index is 2460. The maximum absolute atomic E-state index is 14.3. The van der Waals surface area contributed by atoms with Gasteiger partial charge in [0.2, 0.25) is 23.6 Å². The lowest BCUT2D eigenvalue weighted by molar-refractivity contribution is -0.140. The largest absolute Gasteiger partial charge is 0.508 e. The molecule has 1 heterocycles. The second-order valence-electron chi connectivity index (χ2n) is 19.6. The molecule has 0 aliphatic carbocycles. The number of hydrogen-bond donors (Lipinski definition) is 13. The third-order valence-corrected chi connectivity index (χ3v) is 13.1. The van der Waals surface area contributed by atoms with Crippen molar-refractivity contribution in [2.24, 2.45) is 16.5 Å². The Morgan fingerprint density at radius 3 is 1.68 bits per heavy atom. The highest BCUT2D eigenvalue weighted by atomic mass is 16.4. The lowest BCUT2D eigenvalue weighted by Crippen LogP contribution is -2.49. The van der Waals surface area contributed by atoms with E-state index in [0.29, 0.717) is 95.6 Å². The predicted octanol–water partition coefficient (Wildman–Crippen LogP) is -0.253. The van der Waals surface area contributed by atoms with Crippen LogP contribution in [0.25, 0.3) is 0 Å². The van der Waals surface area contributed by atoms with Gasteiger partial charge in [0.25, 0.3) is 0 Å². The zero-order valence-corrected chi connectivity index (χ0v) is 46.2. The molecule has 1 aliphatic heterocycles. The normalized spacial score (nSPS) is 15.3. The summed E-state index contributed by atoms with van der Waals surface area (Å²) in [6, 6.07) is 20.8. The number of phenols is 1. The van der Waals surface area contributed by atoms with Crippen LogP contribution in [0.3, 0.4) is 0 Å². The van der Waals surface area contributed by atoms with Gasteiger partial charge in [0, 0.05) is 97.3 Å². The van der Waals surface area contributed by atoms with E-state index in [9.17, 15) is 58.8 Å². The number of anilines is 1. The van der Waals surface area contributed by atoms with Crippen LogP contribution < -0.4 is 48.7 Å². The van der Waals surface area contributed by atoms with Crippen LogP contribution in [-0.2, 0) is 40.1 Å². The number of urea groups is 1. The SMILES string of the molecule is CCNC(=O)NC(N)=NCCC[C@@H](NC(=O)C(c1ccccc1)c1ccc(NCCCNC(=O)[C@H](N)CCCCNC(=O)CN2CCN(CC(=O)O)CCN(CC(=O)O)CCN(CC(=O)O)CC2)cc1)C(=O)NCc1ccc(O)cc1. The molecule has 26 nitrogen and oxygen atoms in total. The third-order valence-electron chi connectivity index (χ3n) is 13.1. The first kappa shape index (κ1) is 65.6. The summed E-state index contributed by atoms with van der Waals surface area (Å²) in [6.45, 7) is 5.24. The number of phenolic OH excluding ortho intramolecular Hbond substituents is 1. The first-order valence-corrected chi connectivity index (χ1v) is 27.3. The van der Waals surface area contributed by atoms with E-state index in [-0.39, 0.29) is 95.4 Å². The summed E-state index contributed by atoms with van der Waals surface area (Å²) in [5.41, 5.74) is 15.0. The van der Waals surface area contributed by atoms with Crippen LogP contribution in [0.4, 0.5) is 10.5 Å². The molecule has 1 aliphatic rings. The molecule has 0 spiro atoms. The second-order valence-corrected chi connectivity index (χ2v) is 19.6. The van der Waals surface area contributed by atoms with E-state index in [2.05, 4.69) is 42.2 Å². The second kappa shape index (κ2) is 36.4. The van der Waals surface area contributed by atoms with Gasteiger partial charge in [0.05, 0.1) is 38.1 Å². The maximum atomic E-state index is 14.3. The van der Waals surface area contributed by atoms with Crippen molar-refractivity contribution in [3.63, 3.8) is 0 Å². The standard InChI is InChI=1S/C55H82N14O12/c1-2-58-55(81)65-54(57)62-23-8-13-45(52(79)63-34-39-14-20-43(70)21-15-39)64-53(80)50(40-10-4-3-5-11-40)41-16-18-42(19-17-41)59-24-9-25-61-51(78)44(56)12-6-7-22-60-46(71)35-66-26-28-67(36-47(72)73)30-32-69(38-49(76)77)33-31-68(29-27-66)37-48(74)75/h3-5,10-11,14-21,44-45,50,59,70H,2,6-9,12-13,22-38,56H2,1H3,(H,60,71)(H,61,78)(H,63,79)(H,64,80)(H,72,73)(H,74,75)(H,76,77)(H4,57,58,62,65,81)/t44-,45-,50?/m1/s1. The fourth-order valence-electron chi connectivity index (χ4n) is 8.80. The number of aliphatic carboxylic acids is 3. The van der Waals surface area contributed by atoms with Crippen molar-refractivity contribution < 1.29 is 58.8 Å². The number of nitrogens with one attached hydrogen (secondary N) is 7. The molecule has 15 N–H and O–H groups in total. The van der Waals surface area contributed by atoms with Crippen LogP contribution in [0, 0.1) is 0 Å². The Morgan fingerprint density at radius 2 is 1.12 bits per heavy atom. The zero-order valence-electron chi connectivity index (χ0n) is 46.2. The lowest BCUT2D eigenvalue weighted by Gasteiger charge is -2.32. The molecule has 0 bridgehead atoms. The zero-order chi connectivity index (χ0) is 58.9. The van der Waals surface area contributed by atoms with E-state index in [0.717, 1.165) is 11.3 Å². The summed E-state index contributed by atoms with van der Waals surface area (Å²) in [5, 5.41) is 58.0. The van der Waals surface area contributed by atoms with E-state index in [1.165, 1.54) is 12.1 Å². The van der Waals surface area contributed by atoms with Crippen molar-refractivity contribution >= 4 is 59.2 Å². The molecular weight excluding hydrogens is 1050 g/mol. The van der Waals surface area contributed by atoms with Gasteiger partial charge >= 0.3 is 23.9 Å².